The maximum Gasteiger partial charge on any atom is 0.132 e. The Morgan fingerprint density at radius 3 is 2.46 bits per heavy atom. The van der Waals surface area contributed by atoms with Crippen molar-refractivity contribution in [3.05, 3.63) is 0 Å². The number of rotatable bonds is 6. The number of carbonyl (C=O) groups is 1. The van der Waals surface area contributed by atoms with Crippen molar-refractivity contribution in [1.82, 2.24) is 0 Å². The fourth-order valence-corrected chi connectivity index (χ4v) is 9.26. The molecule has 0 aliphatic heterocycles. The number of ketones is 1. The van der Waals surface area contributed by atoms with Gasteiger partial charge in [-0.15, -0.1) is 0 Å². The van der Waals surface area contributed by atoms with Crippen LogP contribution in [0.1, 0.15) is 118 Å². The molecule has 0 saturated heterocycles. The van der Waals surface area contributed by atoms with Crippen molar-refractivity contribution in [3.8, 4) is 0 Å². The molecule has 8 atom stereocenters. The zero-order valence-corrected chi connectivity index (χ0v) is 19.3. The third-order valence-corrected chi connectivity index (χ3v) is 10.8. The Balaban J connectivity index is 1.45. The topological polar surface area (TPSA) is 17.1 Å². The molecular weight excluding hydrogens is 340 g/mol. The highest BCUT2D eigenvalue weighted by atomic mass is 16.1. The van der Waals surface area contributed by atoms with Gasteiger partial charge in [-0.1, -0.05) is 40.5 Å². The molecule has 4 fully saturated rings. The summed E-state index contributed by atoms with van der Waals surface area (Å²) in [7, 11) is 0. The van der Waals surface area contributed by atoms with Crippen LogP contribution in [0.5, 0.6) is 0 Å². The van der Waals surface area contributed by atoms with E-state index in [1.54, 1.807) is 0 Å². The Morgan fingerprint density at radius 2 is 1.68 bits per heavy atom. The molecular formula is C27H46O. The Labute approximate surface area is 174 Å². The van der Waals surface area contributed by atoms with Crippen molar-refractivity contribution >= 4 is 5.78 Å². The van der Waals surface area contributed by atoms with E-state index in [0.29, 0.717) is 16.6 Å². The van der Waals surface area contributed by atoms with Gasteiger partial charge >= 0.3 is 0 Å². The lowest BCUT2D eigenvalue weighted by Gasteiger charge is -2.61. The fourth-order valence-electron chi connectivity index (χ4n) is 9.26. The standard InChI is InChI=1S/C27H46O/c1-5-8-21(28)12-10-19(2)23-14-15-24-22-13-11-20-9-6-7-17-26(20,3)25(22)16-18-27(23,24)4/h19-20,22-25H,5-18H2,1-4H3/t19-,20?,22+,23-,24+,25+,26+,27-/m1/s1. The van der Waals surface area contributed by atoms with Crippen LogP contribution in [-0.4, -0.2) is 5.78 Å². The summed E-state index contributed by atoms with van der Waals surface area (Å²) in [5.74, 6) is 6.14. The molecule has 4 aliphatic rings. The minimum Gasteiger partial charge on any atom is -0.300 e. The average Bonchev–Trinajstić information content (AvgIpc) is 3.03. The van der Waals surface area contributed by atoms with E-state index < -0.39 is 0 Å². The second-order valence-electron chi connectivity index (χ2n) is 11.9. The molecule has 1 nitrogen and oxygen atoms in total. The predicted octanol–water partition coefficient (Wildman–Crippen LogP) is 7.82. The highest BCUT2D eigenvalue weighted by Crippen LogP contribution is 2.68. The van der Waals surface area contributed by atoms with Crippen molar-refractivity contribution in [2.24, 2.45) is 46.3 Å². The Morgan fingerprint density at radius 1 is 0.893 bits per heavy atom. The molecule has 0 aromatic heterocycles. The lowest BCUT2D eigenvalue weighted by Crippen LogP contribution is -2.53. The summed E-state index contributed by atoms with van der Waals surface area (Å²) in [5, 5.41) is 0. The van der Waals surface area contributed by atoms with E-state index in [1.807, 2.05) is 0 Å². The number of carbonyl (C=O) groups excluding carboxylic acids is 1. The lowest BCUT2D eigenvalue weighted by molar-refractivity contribution is -0.120. The molecule has 28 heavy (non-hydrogen) atoms. The first-order valence-corrected chi connectivity index (χ1v) is 12.9. The van der Waals surface area contributed by atoms with Gasteiger partial charge in [0.15, 0.2) is 0 Å². The third kappa shape index (κ3) is 3.41. The number of hydrogen-bond acceptors (Lipinski definition) is 1. The minimum absolute atomic E-state index is 0.501. The first-order valence-electron chi connectivity index (χ1n) is 12.9. The van der Waals surface area contributed by atoms with Gasteiger partial charge in [0.25, 0.3) is 0 Å². The molecule has 4 aliphatic carbocycles. The van der Waals surface area contributed by atoms with Gasteiger partial charge in [-0.2, -0.15) is 0 Å². The summed E-state index contributed by atoms with van der Waals surface area (Å²) in [6.45, 7) is 9.98. The average molecular weight is 387 g/mol. The molecule has 1 unspecified atom stereocenters. The molecule has 0 radical (unpaired) electrons. The largest absolute Gasteiger partial charge is 0.300 e. The van der Waals surface area contributed by atoms with Gasteiger partial charge < -0.3 is 0 Å². The van der Waals surface area contributed by atoms with Gasteiger partial charge in [0.1, 0.15) is 5.78 Å². The second kappa shape index (κ2) is 8.07. The van der Waals surface area contributed by atoms with Crippen LogP contribution in [0, 0.1) is 46.3 Å². The lowest BCUT2D eigenvalue weighted by atomic mass is 9.44. The summed E-state index contributed by atoms with van der Waals surface area (Å²) < 4.78 is 0. The Bertz CT molecular complexity index is 567. The van der Waals surface area contributed by atoms with E-state index >= 15 is 0 Å². The molecule has 0 N–H and O–H groups in total. The second-order valence-corrected chi connectivity index (χ2v) is 11.9. The summed E-state index contributed by atoms with van der Waals surface area (Å²) in [4.78, 5) is 12.1. The summed E-state index contributed by atoms with van der Waals surface area (Å²) in [6.07, 6.45) is 18.7. The Hall–Kier alpha value is -0.330. The van der Waals surface area contributed by atoms with E-state index in [9.17, 15) is 4.79 Å². The van der Waals surface area contributed by atoms with Crippen molar-refractivity contribution in [2.45, 2.75) is 118 Å². The SMILES string of the molecule is CCCC(=O)CC[C@@H](C)[C@H]1CC[C@H]2[C@@H]3CCC4CCCC[C@]4(C)[C@H]3CC[C@]12C. The van der Waals surface area contributed by atoms with E-state index in [-0.39, 0.29) is 0 Å². The molecule has 0 spiro atoms. The third-order valence-electron chi connectivity index (χ3n) is 10.8. The fraction of sp³-hybridized carbons (Fsp3) is 0.963. The first-order chi connectivity index (χ1) is 13.4. The summed E-state index contributed by atoms with van der Waals surface area (Å²) in [5.41, 5.74) is 1.23. The van der Waals surface area contributed by atoms with Crippen LogP contribution in [0.2, 0.25) is 0 Å². The van der Waals surface area contributed by atoms with Crippen molar-refractivity contribution < 1.29 is 4.79 Å². The van der Waals surface area contributed by atoms with E-state index in [0.717, 1.165) is 61.2 Å². The van der Waals surface area contributed by atoms with Crippen LogP contribution in [0.15, 0.2) is 0 Å². The van der Waals surface area contributed by atoms with Crippen LogP contribution < -0.4 is 0 Å². The van der Waals surface area contributed by atoms with Gasteiger partial charge in [-0.25, -0.2) is 0 Å². The summed E-state index contributed by atoms with van der Waals surface area (Å²) in [6, 6.07) is 0. The van der Waals surface area contributed by atoms with Gasteiger partial charge in [0, 0.05) is 12.8 Å². The maximum atomic E-state index is 12.1. The van der Waals surface area contributed by atoms with Crippen molar-refractivity contribution in [1.29, 1.82) is 0 Å². The van der Waals surface area contributed by atoms with Crippen molar-refractivity contribution in [3.63, 3.8) is 0 Å². The van der Waals surface area contributed by atoms with Crippen LogP contribution in [0.4, 0.5) is 0 Å². The van der Waals surface area contributed by atoms with E-state index in [4.69, 9.17) is 0 Å². The summed E-state index contributed by atoms with van der Waals surface area (Å²) >= 11 is 0. The smallest absolute Gasteiger partial charge is 0.132 e. The van der Waals surface area contributed by atoms with Gasteiger partial charge in [0.2, 0.25) is 0 Å². The molecule has 1 heteroatoms. The van der Waals surface area contributed by atoms with E-state index in [1.165, 1.54) is 64.2 Å². The molecule has 4 rings (SSSR count). The molecule has 0 bridgehead atoms. The number of Topliss-reactive ketones (excluding diaryl/α,β-unsaturated/α-hetero) is 1. The van der Waals surface area contributed by atoms with Gasteiger partial charge in [-0.05, 0) is 111 Å². The molecule has 0 aromatic carbocycles. The number of fused-ring (bicyclic) bond motifs is 5. The van der Waals surface area contributed by atoms with Crippen LogP contribution in [0.3, 0.4) is 0 Å². The first kappa shape index (κ1) is 20.9. The normalized spacial score (nSPS) is 46.4. The maximum absolute atomic E-state index is 12.1. The molecule has 160 valence electrons. The molecule has 0 heterocycles. The van der Waals surface area contributed by atoms with Crippen molar-refractivity contribution in [2.75, 3.05) is 0 Å². The number of hydrogen-bond donors (Lipinski definition) is 0. The minimum atomic E-state index is 0.501. The van der Waals surface area contributed by atoms with Gasteiger partial charge in [0.05, 0.1) is 0 Å². The van der Waals surface area contributed by atoms with Crippen LogP contribution in [0.25, 0.3) is 0 Å². The van der Waals surface area contributed by atoms with Gasteiger partial charge in [-0.3, -0.25) is 4.79 Å². The zero-order chi connectivity index (χ0) is 19.9. The van der Waals surface area contributed by atoms with Crippen LogP contribution >= 0.6 is 0 Å². The highest BCUT2D eigenvalue weighted by molar-refractivity contribution is 5.78. The van der Waals surface area contributed by atoms with Crippen LogP contribution in [-0.2, 0) is 4.79 Å². The molecule has 4 saturated carbocycles. The zero-order valence-electron chi connectivity index (χ0n) is 19.3. The predicted molar refractivity (Wildman–Crippen MR) is 118 cm³/mol. The Kier molecular flexibility index (Phi) is 6.03. The molecule has 0 amide bonds. The molecule has 0 aromatic rings. The quantitative estimate of drug-likeness (QED) is 0.454. The van der Waals surface area contributed by atoms with E-state index in [2.05, 4.69) is 27.7 Å². The highest BCUT2D eigenvalue weighted by Gasteiger charge is 2.60. The monoisotopic (exact) mass is 386 g/mol.